The Kier molecular flexibility index (Phi) is 5.59. The minimum absolute atomic E-state index is 0.135. The van der Waals surface area contributed by atoms with Gasteiger partial charge in [-0.2, -0.15) is 0 Å². The minimum atomic E-state index is -0.135. The van der Waals surface area contributed by atoms with E-state index >= 15 is 0 Å². The summed E-state index contributed by atoms with van der Waals surface area (Å²) in [6.45, 7) is 6.52. The number of urea groups is 1. The molecule has 0 spiro atoms. The van der Waals surface area contributed by atoms with E-state index < -0.39 is 0 Å². The number of thiazole rings is 1. The highest BCUT2D eigenvalue weighted by molar-refractivity contribution is 7.21. The molecule has 6 heteroatoms. The molecule has 1 aliphatic rings. The maximum Gasteiger partial charge on any atom is 0.319 e. The van der Waals surface area contributed by atoms with Crippen LogP contribution in [0.25, 0.3) is 20.8 Å². The number of anilines is 1. The highest BCUT2D eigenvalue weighted by Gasteiger charge is 2.22. The topological polar surface area (TPSA) is 57.3 Å². The number of carbonyl (C=O) groups excluding carboxylic acids is 1. The molecule has 1 aliphatic heterocycles. The number of rotatable bonds is 4. The Morgan fingerprint density at radius 1 is 1.14 bits per heavy atom. The molecular formula is C22H26N4OS. The molecule has 2 N–H and O–H groups in total. The van der Waals surface area contributed by atoms with Crippen molar-refractivity contribution in [1.82, 2.24) is 15.2 Å². The summed E-state index contributed by atoms with van der Waals surface area (Å²) in [5.74, 6) is 0. The molecule has 0 saturated carbocycles. The molecule has 1 saturated heterocycles. The Hall–Kier alpha value is -2.44. The van der Waals surface area contributed by atoms with Gasteiger partial charge in [0.2, 0.25) is 0 Å². The van der Waals surface area contributed by atoms with Crippen LogP contribution in [0.4, 0.5) is 10.5 Å². The van der Waals surface area contributed by atoms with Gasteiger partial charge in [-0.1, -0.05) is 24.3 Å². The van der Waals surface area contributed by atoms with Crippen LogP contribution in [0, 0.1) is 0 Å². The summed E-state index contributed by atoms with van der Waals surface area (Å²) in [6.07, 6.45) is 1.99. The van der Waals surface area contributed by atoms with Crippen LogP contribution < -0.4 is 10.6 Å². The fourth-order valence-corrected chi connectivity index (χ4v) is 4.60. The van der Waals surface area contributed by atoms with Gasteiger partial charge < -0.3 is 15.5 Å². The third-order valence-electron chi connectivity index (χ3n) is 5.26. The van der Waals surface area contributed by atoms with E-state index in [2.05, 4.69) is 35.4 Å². The van der Waals surface area contributed by atoms with E-state index in [0.717, 1.165) is 47.7 Å². The fourth-order valence-electron chi connectivity index (χ4n) is 3.64. The first-order valence-corrected chi connectivity index (χ1v) is 10.7. The molecular weight excluding hydrogens is 368 g/mol. The lowest BCUT2D eigenvalue weighted by Gasteiger charge is -2.34. The molecule has 2 heterocycles. The van der Waals surface area contributed by atoms with Gasteiger partial charge in [0.1, 0.15) is 5.01 Å². The number of para-hydroxylation sites is 1. The Morgan fingerprint density at radius 3 is 2.68 bits per heavy atom. The van der Waals surface area contributed by atoms with Crippen LogP contribution >= 0.6 is 11.3 Å². The van der Waals surface area contributed by atoms with Gasteiger partial charge >= 0.3 is 6.03 Å². The molecule has 0 aliphatic carbocycles. The minimum Gasteiger partial charge on any atom is -0.335 e. The first kappa shape index (κ1) is 18.9. The Morgan fingerprint density at radius 2 is 1.93 bits per heavy atom. The van der Waals surface area contributed by atoms with Crippen molar-refractivity contribution in [3.05, 3.63) is 48.5 Å². The number of carbonyl (C=O) groups is 1. The van der Waals surface area contributed by atoms with Gasteiger partial charge in [0, 0.05) is 36.4 Å². The van der Waals surface area contributed by atoms with Crippen molar-refractivity contribution in [3.63, 3.8) is 0 Å². The molecule has 2 amide bonds. The molecule has 1 aromatic heterocycles. The van der Waals surface area contributed by atoms with E-state index in [1.807, 2.05) is 42.5 Å². The summed E-state index contributed by atoms with van der Waals surface area (Å²) in [5.41, 5.74) is 2.81. The number of aromatic nitrogens is 1. The zero-order valence-corrected chi connectivity index (χ0v) is 17.1. The number of nitrogens with zero attached hydrogens (tertiary/aromatic N) is 2. The number of hydrogen-bond donors (Lipinski definition) is 2. The lowest BCUT2D eigenvalue weighted by Crippen LogP contribution is -2.47. The van der Waals surface area contributed by atoms with Gasteiger partial charge in [-0.3, -0.25) is 0 Å². The fraction of sp³-hybridized carbons (Fsp3) is 0.364. The van der Waals surface area contributed by atoms with E-state index in [9.17, 15) is 4.79 Å². The van der Waals surface area contributed by atoms with Crippen LogP contribution in [0.15, 0.2) is 48.5 Å². The third-order valence-corrected chi connectivity index (χ3v) is 6.34. The van der Waals surface area contributed by atoms with Crippen LogP contribution in [-0.2, 0) is 0 Å². The predicted molar refractivity (Wildman–Crippen MR) is 117 cm³/mol. The Labute approximate surface area is 169 Å². The summed E-state index contributed by atoms with van der Waals surface area (Å²) < 4.78 is 1.17. The molecule has 4 rings (SSSR count). The summed E-state index contributed by atoms with van der Waals surface area (Å²) in [4.78, 5) is 19.6. The highest BCUT2D eigenvalue weighted by Crippen LogP contribution is 2.31. The van der Waals surface area contributed by atoms with E-state index in [-0.39, 0.29) is 12.1 Å². The van der Waals surface area contributed by atoms with Crippen molar-refractivity contribution in [2.24, 2.45) is 0 Å². The largest absolute Gasteiger partial charge is 0.335 e. The monoisotopic (exact) mass is 394 g/mol. The van der Waals surface area contributed by atoms with Crippen LogP contribution in [0.1, 0.15) is 26.7 Å². The van der Waals surface area contributed by atoms with E-state index in [1.165, 1.54) is 4.70 Å². The van der Waals surface area contributed by atoms with Crippen molar-refractivity contribution in [2.45, 2.75) is 38.8 Å². The highest BCUT2D eigenvalue weighted by atomic mass is 32.1. The lowest BCUT2D eigenvalue weighted by atomic mass is 10.0. The zero-order valence-electron chi connectivity index (χ0n) is 16.3. The second kappa shape index (κ2) is 8.29. The van der Waals surface area contributed by atoms with Crippen molar-refractivity contribution in [2.75, 3.05) is 18.4 Å². The number of piperidine rings is 1. The molecule has 0 unspecified atom stereocenters. The van der Waals surface area contributed by atoms with Gasteiger partial charge in [-0.15, -0.1) is 11.3 Å². The molecule has 0 bridgehead atoms. The quantitative estimate of drug-likeness (QED) is 0.658. The number of amides is 2. The normalized spacial score (nSPS) is 15.8. The summed E-state index contributed by atoms with van der Waals surface area (Å²) >= 11 is 1.66. The van der Waals surface area contributed by atoms with Crippen molar-refractivity contribution in [1.29, 1.82) is 0 Å². The maximum absolute atomic E-state index is 12.4. The van der Waals surface area contributed by atoms with Crippen LogP contribution in [0.5, 0.6) is 0 Å². The average Bonchev–Trinajstić information content (AvgIpc) is 3.13. The number of likely N-dealkylation sites (tertiary alicyclic amines) is 1. The van der Waals surface area contributed by atoms with Gasteiger partial charge in [0.05, 0.1) is 10.2 Å². The number of benzene rings is 2. The van der Waals surface area contributed by atoms with Crippen LogP contribution in [-0.4, -0.2) is 41.1 Å². The molecule has 5 nitrogen and oxygen atoms in total. The Balaban J connectivity index is 1.39. The first-order valence-electron chi connectivity index (χ1n) is 9.86. The Bertz CT molecular complexity index is 927. The molecule has 28 heavy (non-hydrogen) atoms. The van der Waals surface area contributed by atoms with Crippen molar-refractivity contribution >= 4 is 33.3 Å². The standard InChI is InChI=1S/C22H26N4OS/c1-15(2)26-12-10-17(11-13-26)23-22(27)24-18-7-5-6-16(14-18)21-25-19-8-3-4-9-20(19)28-21/h3-9,14-15,17H,10-13H2,1-2H3,(H2,23,24,27). The second-order valence-electron chi connectivity index (χ2n) is 7.57. The molecule has 2 aromatic carbocycles. The average molecular weight is 395 g/mol. The summed E-state index contributed by atoms with van der Waals surface area (Å²) in [7, 11) is 0. The molecule has 146 valence electrons. The molecule has 0 atom stereocenters. The lowest BCUT2D eigenvalue weighted by molar-refractivity contribution is 0.163. The first-order chi connectivity index (χ1) is 13.6. The molecule has 0 radical (unpaired) electrons. The number of fused-ring (bicyclic) bond motifs is 1. The number of hydrogen-bond acceptors (Lipinski definition) is 4. The van der Waals surface area contributed by atoms with Crippen LogP contribution in [0.2, 0.25) is 0 Å². The SMILES string of the molecule is CC(C)N1CCC(NC(=O)Nc2cccc(-c3nc4ccccc4s3)c2)CC1. The predicted octanol–water partition coefficient (Wildman–Crippen LogP) is 4.96. The van der Waals surface area contributed by atoms with Gasteiger partial charge in [-0.05, 0) is 51.0 Å². The van der Waals surface area contributed by atoms with E-state index in [1.54, 1.807) is 11.3 Å². The third kappa shape index (κ3) is 4.34. The summed E-state index contributed by atoms with van der Waals surface area (Å²) in [5, 5.41) is 7.06. The molecule has 3 aromatic rings. The van der Waals surface area contributed by atoms with Gasteiger partial charge in [0.25, 0.3) is 0 Å². The zero-order chi connectivity index (χ0) is 19.5. The number of nitrogens with one attached hydrogen (secondary N) is 2. The van der Waals surface area contributed by atoms with Crippen molar-refractivity contribution in [3.8, 4) is 10.6 Å². The smallest absolute Gasteiger partial charge is 0.319 e. The van der Waals surface area contributed by atoms with Crippen LogP contribution in [0.3, 0.4) is 0 Å². The molecule has 1 fully saturated rings. The van der Waals surface area contributed by atoms with Crippen molar-refractivity contribution < 1.29 is 4.79 Å². The maximum atomic E-state index is 12.4. The van der Waals surface area contributed by atoms with E-state index in [0.29, 0.717) is 6.04 Å². The van der Waals surface area contributed by atoms with E-state index in [4.69, 9.17) is 4.98 Å². The second-order valence-corrected chi connectivity index (χ2v) is 8.60. The summed E-state index contributed by atoms with van der Waals surface area (Å²) in [6, 6.07) is 16.7. The van der Waals surface area contributed by atoms with Gasteiger partial charge in [0.15, 0.2) is 0 Å². The van der Waals surface area contributed by atoms with Gasteiger partial charge in [-0.25, -0.2) is 9.78 Å².